The van der Waals surface area contributed by atoms with E-state index in [0.717, 1.165) is 10.9 Å². The largest absolute Gasteiger partial charge is 0.507 e. The number of benzene rings is 1. The fraction of sp³-hybridized carbons (Fsp3) is 0.429. The summed E-state index contributed by atoms with van der Waals surface area (Å²) in [5.74, 6) is -0.190. The summed E-state index contributed by atoms with van der Waals surface area (Å²) in [4.78, 5) is 27.2. The number of aromatic hydroxyl groups is 1. The van der Waals surface area contributed by atoms with Gasteiger partial charge >= 0.3 is 0 Å². The van der Waals surface area contributed by atoms with Crippen molar-refractivity contribution in [3.05, 3.63) is 28.2 Å². The van der Waals surface area contributed by atoms with Crippen LogP contribution in [0.4, 0.5) is 0 Å². The van der Waals surface area contributed by atoms with Crippen LogP contribution in [0.3, 0.4) is 0 Å². The van der Waals surface area contributed by atoms with E-state index in [1.165, 1.54) is 13.0 Å². The lowest BCUT2D eigenvalue weighted by molar-refractivity contribution is -0.128. The third-order valence-corrected chi connectivity index (χ3v) is 3.91. The molecule has 1 aromatic rings. The SMILES string of the molecule is CC(=O)N1CCCN(C(=O)c2cc(Br)ccc2O)CC1. The highest BCUT2D eigenvalue weighted by atomic mass is 79.9. The predicted octanol–water partition coefficient (Wildman–Crippen LogP) is 1.85. The molecule has 0 aliphatic carbocycles. The van der Waals surface area contributed by atoms with Crippen LogP contribution in [0.1, 0.15) is 23.7 Å². The van der Waals surface area contributed by atoms with Gasteiger partial charge in [0.25, 0.3) is 5.91 Å². The molecule has 108 valence electrons. The Morgan fingerprint density at radius 3 is 2.50 bits per heavy atom. The molecule has 0 aromatic heterocycles. The highest BCUT2D eigenvalue weighted by molar-refractivity contribution is 9.10. The molecule has 1 aromatic carbocycles. The minimum atomic E-state index is -0.200. The van der Waals surface area contributed by atoms with E-state index in [9.17, 15) is 14.7 Å². The van der Waals surface area contributed by atoms with Gasteiger partial charge in [-0.15, -0.1) is 0 Å². The van der Waals surface area contributed by atoms with Crippen LogP contribution in [0.2, 0.25) is 0 Å². The maximum atomic E-state index is 12.4. The number of rotatable bonds is 1. The second kappa shape index (κ2) is 6.26. The standard InChI is InChI=1S/C14H17BrN2O3/c1-10(18)16-5-2-6-17(8-7-16)14(20)12-9-11(15)3-4-13(12)19/h3-4,9,19H,2,5-8H2,1H3. The van der Waals surface area contributed by atoms with E-state index in [1.54, 1.807) is 21.9 Å². The van der Waals surface area contributed by atoms with Gasteiger partial charge in [-0.1, -0.05) is 15.9 Å². The van der Waals surface area contributed by atoms with Crippen LogP contribution in [0.25, 0.3) is 0 Å². The normalized spacial score (nSPS) is 15.9. The van der Waals surface area contributed by atoms with Gasteiger partial charge in [0.1, 0.15) is 5.75 Å². The number of halogens is 1. The van der Waals surface area contributed by atoms with Crippen molar-refractivity contribution >= 4 is 27.7 Å². The lowest BCUT2D eigenvalue weighted by Crippen LogP contribution is -2.36. The lowest BCUT2D eigenvalue weighted by Gasteiger charge is -2.21. The van der Waals surface area contributed by atoms with Crippen molar-refractivity contribution in [3.63, 3.8) is 0 Å². The molecule has 0 saturated carbocycles. The third kappa shape index (κ3) is 3.30. The molecule has 2 rings (SSSR count). The van der Waals surface area contributed by atoms with Gasteiger partial charge in [-0.05, 0) is 24.6 Å². The van der Waals surface area contributed by atoms with Crippen LogP contribution in [0.15, 0.2) is 22.7 Å². The van der Waals surface area contributed by atoms with E-state index in [0.29, 0.717) is 26.2 Å². The van der Waals surface area contributed by atoms with E-state index < -0.39 is 0 Å². The van der Waals surface area contributed by atoms with Crippen LogP contribution >= 0.6 is 15.9 Å². The van der Waals surface area contributed by atoms with Gasteiger partial charge in [0.2, 0.25) is 5.91 Å². The zero-order chi connectivity index (χ0) is 14.7. The maximum Gasteiger partial charge on any atom is 0.257 e. The second-order valence-corrected chi connectivity index (χ2v) is 5.73. The molecule has 0 atom stereocenters. The van der Waals surface area contributed by atoms with Crippen molar-refractivity contribution in [3.8, 4) is 5.75 Å². The number of phenols is 1. The summed E-state index contributed by atoms with van der Waals surface area (Å²) in [6.07, 6.45) is 0.750. The highest BCUT2D eigenvalue weighted by Gasteiger charge is 2.23. The maximum absolute atomic E-state index is 12.4. The molecular formula is C14H17BrN2O3. The molecule has 6 heteroatoms. The number of phenolic OH excluding ortho intramolecular Hbond substituents is 1. The summed E-state index contributed by atoms with van der Waals surface area (Å²) in [7, 11) is 0. The first-order valence-corrected chi connectivity index (χ1v) is 7.31. The molecule has 0 unspecified atom stereocenters. The average molecular weight is 341 g/mol. The lowest BCUT2D eigenvalue weighted by atomic mass is 10.1. The van der Waals surface area contributed by atoms with Crippen LogP contribution in [0.5, 0.6) is 5.75 Å². The van der Waals surface area contributed by atoms with Crippen LogP contribution < -0.4 is 0 Å². The Labute approximate surface area is 126 Å². The minimum Gasteiger partial charge on any atom is -0.507 e. The third-order valence-electron chi connectivity index (χ3n) is 3.42. The van der Waals surface area contributed by atoms with Crippen LogP contribution in [-0.2, 0) is 4.79 Å². The molecular weight excluding hydrogens is 324 g/mol. The minimum absolute atomic E-state index is 0.0223. The molecule has 1 heterocycles. The topological polar surface area (TPSA) is 60.9 Å². The Balaban J connectivity index is 2.13. The van der Waals surface area contributed by atoms with E-state index in [-0.39, 0.29) is 23.1 Å². The quantitative estimate of drug-likeness (QED) is 0.848. The Kier molecular flexibility index (Phi) is 4.65. The van der Waals surface area contributed by atoms with Crippen molar-refractivity contribution < 1.29 is 14.7 Å². The molecule has 1 saturated heterocycles. The Hall–Kier alpha value is -1.56. The predicted molar refractivity (Wildman–Crippen MR) is 78.6 cm³/mol. The Morgan fingerprint density at radius 2 is 1.80 bits per heavy atom. The average Bonchev–Trinajstić information content (AvgIpc) is 2.66. The summed E-state index contributed by atoms with van der Waals surface area (Å²) >= 11 is 3.30. The van der Waals surface area contributed by atoms with E-state index in [1.807, 2.05) is 0 Å². The summed E-state index contributed by atoms with van der Waals surface area (Å²) in [6.45, 7) is 3.83. The summed E-state index contributed by atoms with van der Waals surface area (Å²) < 4.78 is 0.749. The number of hydrogen-bond acceptors (Lipinski definition) is 3. The van der Waals surface area contributed by atoms with E-state index in [2.05, 4.69) is 15.9 Å². The van der Waals surface area contributed by atoms with Crippen molar-refractivity contribution in [2.75, 3.05) is 26.2 Å². The molecule has 5 nitrogen and oxygen atoms in total. The van der Waals surface area contributed by atoms with Crippen molar-refractivity contribution in [1.29, 1.82) is 0 Å². The Bertz CT molecular complexity index is 533. The van der Waals surface area contributed by atoms with Crippen molar-refractivity contribution in [2.45, 2.75) is 13.3 Å². The van der Waals surface area contributed by atoms with E-state index in [4.69, 9.17) is 0 Å². The number of carbonyl (C=O) groups excluding carboxylic acids is 2. The van der Waals surface area contributed by atoms with Crippen LogP contribution in [-0.4, -0.2) is 52.9 Å². The number of nitrogens with zero attached hydrogens (tertiary/aromatic N) is 2. The molecule has 0 spiro atoms. The number of carbonyl (C=O) groups is 2. The molecule has 2 amide bonds. The van der Waals surface area contributed by atoms with Crippen LogP contribution in [0, 0.1) is 0 Å². The van der Waals surface area contributed by atoms with Gasteiger partial charge < -0.3 is 14.9 Å². The van der Waals surface area contributed by atoms with Gasteiger partial charge in [-0.3, -0.25) is 9.59 Å². The summed E-state index contributed by atoms with van der Waals surface area (Å²) in [5, 5.41) is 9.81. The molecule has 1 aliphatic heterocycles. The second-order valence-electron chi connectivity index (χ2n) is 4.81. The van der Waals surface area contributed by atoms with Gasteiger partial charge in [-0.2, -0.15) is 0 Å². The number of amides is 2. The van der Waals surface area contributed by atoms with E-state index >= 15 is 0 Å². The number of hydrogen-bond donors (Lipinski definition) is 1. The molecule has 1 fully saturated rings. The summed E-state index contributed by atoms with van der Waals surface area (Å²) in [6, 6.07) is 4.80. The zero-order valence-electron chi connectivity index (χ0n) is 11.3. The van der Waals surface area contributed by atoms with Gasteiger partial charge in [0.15, 0.2) is 0 Å². The van der Waals surface area contributed by atoms with Gasteiger partial charge in [-0.25, -0.2) is 0 Å². The summed E-state index contributed by atoms with van der Waals surface area (Å²) in [5.41, 5.74) is 0.288. The van der Waals surface area contributed by atoms with Gasteiger partial charge in [0.05, 0.1) is 5.56 Å². The molecule has 1 N–H and O–H groups in total. The molecule has 0 radical (unpaired) electrons. The highest BCUT2D eigenvalue weighted by Crippen LogP contribution is 2.23. The fourth-order valence-corrected chi connectivity index (χ4v) is 2.65. The first-order valence-electron chi connectivity index (χ1n) is 6.52. The fourth-order valence-electron chi connectivity index (χ4n) is 2.29. The van der Waals surface area contributed by atoms with Crippen molar-refractivity contribution in [2.24, 2.45) is 0 Å². The first kappa shape index (κ1) is 14.8. The van der Waals surface area contributed by atoms with Crippen molar-refractivity contribution in [1.82, 2.24) is 9.80 Å². The smallest absolute Gasteiger partial charge is 0.257 e. The first-order chi connectivity index (χ1) is 9.49. The molecule has 20 heavy (non-hydrogen) atoms. The Morgan fingerprint density at radius 1 is 1.15 bits per heavy atom. The van der Waals surface area contributed by atoms with Gasteiger partial charge in [0, 0.05) is 37.6 Å². The molecule has 1 aliphatic rings. The zero-order valence-corrected chi connectivity index (χ0v) is 12.9. The monoisotopic (exact) mass is 340 g/mol. The molecule has 0 bridgehead atoms.